The maximum atomic E-state index is 4.38. The second-order valence-corrected chi connectivity index (χ2v) is 5.76. The summed E-state index contributed by atoms with van der Waals surface area (Å²) in [5.41, 5.74) is 2.56. The Morgan fingerprint density at radius 3 is 2.67 bits per heavy atom. The molecule has 0 unspecified atom stereocenters. The summed E-state index contributed by atoms with van der Waals surface area (Å²) in [6.07, 6.45) is 6.23. The molecule has 0 radical (unpaired) electrons. The highest BCUT2D eigenvalue weighted by atomic mass is 15.2. The third-order valence-corrected chi connectivity index (χ3v) is 4.35. The molecule has 0 aromatic carbocycles. The van der Waals surface area contributed by atoms with Gasteiger partial charge in [0, 0.05) is 36.9 Å². The normalized spacial score (nSPS) is 22.6. The van der Waals surface area contributed by atoms with Gasteiger partial charge in [-0.2, -0.15) is 0 Å². The minimum atomic E-state index is 0.688. The van der Waals surface area contributed by atoms with Crippen LogP contribution in [0.5, 0.6) is 0 Å². The largest absolute Gasteiger partial charge is 0.301 e. The minimum absolute atomic E-state index is 0.688. The Kier molecular flexibility index (Phi) is 3.31. The number of fused-ring (bicyclic) bond motifs is 1. The van der Waals surface area contributed by atoms with Gasteiger partial charge in [-0.1, -0.05) is 0 Å². The SMILES string of the molecule is CC(C)N1CCC(N2Cc3cncnc3C2)CC1. The third-order valence-electron chi connectivity index (χ3n) is 4.35. The lowest BCUT2D eigenvalue weighted by Crippen LogP contribution is -2.45. The second-order valence-electron chi connectivity index (χ2n) is 5.76. The summed E-state index contributed by atoms with van der Waals surface area (Å²) in [5, 5.41) is 0. The van der Waals surface area contributed by atoms with Crippen LogP contribution in [-0.2, 0) is 13.1 Å². The molecule has 3 heterocycles. The molecule has 2 aliphatic rings. The van der Waals surface area contributed by atoms with Crippen LogP contribution in [0.25, 0.3) is 0 Å². The molecule has 1 aromatic heterocycles. The van der Waals surface area contributed by atoms with Crippen LogP contribution in [0.1, 0.15) is 37.9 Å². The molecule has 0 spiro atoms. The quantitative estimate of drug-likeness (QED) is 0.794. The zero-order valence-electron chi connectivity index (χ0n) is 11.3. The van der Waals surface area contributed by atoms with Crippen molar-refractivity contribution < 1.29 is 0 Å². The molecule has 98 valence electrons. The van der Waals surface area contributed by atoms with E-state index < -0.39 is 0 Å². The van der Waals surface area contributed by atoms with Gasteiger partial charge in [0.2, 0.25) is 0 Å². The van der Waals surface area contributed by atoms with Gasteiger partial charge in [-0.25, -0.2) is 9.97 Å². The van der Waals surface area contributed by atoms with E-state index in [0.717, 1.165) is 19.1 Å². The lowest BCUT2D eigenvalue weighted by atomic mass is 10.0. The van der Waals surface area contributed by atoms with Crippen molar-refractivity contribution in [2.75, 3.05) is 13.1 Å². The van der Waals surface area contributed by atoms with Crippen LogP contribution in [0.15, 0.2) is 12.5 Å². The number of likely N-dealkylation sites (tertiary alicyclic amines) is 1. The first-order valence-electron chi connectivity index (χ1n) is 7.00. The van der Waals surface area contributed by atoms with Crippen molar-refractivity contribution in [2.45, 2.75) is 51.9 Å². The van der Waals surface area contributed by atoms with Crippen molar-refractivity contribution in [1.82, 2.24) is 19.8 Å². The van der Waals surface area contributed by atoms with E-state index in [2.05, 4.69) is 33.6 Å². The van der Waals surface area contributed by atoms with Gasteiger partial charge in [0.05, 0.1) is 5.69 Å². The molecule has 0 amide bonds. The van der Waals surface area contributed by atoms with Crippen LogP contribution in [0.2, 0.25) is 0 Å². The highest BCUT2D eigenvalue weighted by molar-refractivity contribution is 5.20. The van der Waals surface area contributed by atoms with Crippen LogP contribution in [0.3, 0.4) is 0 Å². The van der Waals surface area contributed by atoms with E-state index >= 15 is 0 Å². The minimum Gasteiger partial charge on any atom is -0.301 e. The number of rotatable bonds is 2. The summed E-state index contributed by atoms with van der Waals surface area (Å²) in [4.78, 5) is 13.7. The van der Waals surface area contributed by atoms with Crippen LogP contribution in [-0.4, -0.2) is 44.9 Å². The Hall–Kier alpha value is -1.00. The van der Waals surface area contributed by atoms with E-state index in [1.165, 1.54) is 37.2 Å². The second kappa shape index (κ2) is 4.94. The van der Waals surface area contributed by atoms with E-state index in [-0.39, 0.29) is 0 Å². The van der Waals surface area contributed by atoms with Gasteiger partial charge < -0.3 is 4.90 Å². The summed E-state index contributed by atoms with van der Waals surface area (Å²) in [6.45, 7) is 9.12. The third kappa shape index (κ3) is 2.27. The van der Waals surface area contributed by atoms with Crippen LogP contribution in [0, 0.1) is 0 Å². The van der Waals surface area contributed by atoms with Crippen molar-refractivity contribution in [1.29, 1.82) is 0 Å². The first kappa shape index (κ1) is 12.1. The van der Waals surface area contributed by atoms with E-state index in [0.29, 0.717) is 6.04 Å². The lowest BCUT2D eigenvalue weighted by molar-refractivity contribution is 0.0903. The average molecular weight is 246 g/mol. The Morgan fingerprint density at radius 1 is 1.22 bits per heavy atom. The summed E-state index contributed by atoms with van der Waals surface area (Å²) in [7, 11) is 0. The molecule has 2 aliphatic heterocycles. The summed E-state index contributed by atoms with van der Waals surface area (Å²) >= 11 is 0. The summed E-state index contributed by atoms with van der Waals surface area (Å²) in [6, 6.07) is 1.42. The maximum Gasteiger partial charge on any atom is 0.115 e. The van der Waals surface area contributed by atoms with Crippen molar-refractivity contribution in [3.8, 4) is 0 Å². The van der Waals surface area contributed by atoms with Gasteiger partial charge in [0.25, 0.3) is 0 Å². The van der Waals surface area contributed by atoms with Gasteiger partial charge in [-0.15, -0.1) is 0 Å². The zero-order valence-corrected chi connectivity index (χ0v) is 11.3. The van der Waals surface area contributed by atoms with E-state index in [9.17, 15) is 0 Å². The molecule has 0 N–H and O–H groups in total. The summed E-state index contributed by atoms with van der Waals surface area (Å²) < 4.78 is 0. The topological polar surface area (TPSA) is 32.3 Å². The van der Waals surface area contributed by atoms with Gasteiger partial charge in [-0.3, -0.25) is 4.90 Å². The van der Waals surface area contributed by atoms with Gasteiger partial charge in [-0.05, 0) is 39.8 Å². The highest BCUT2D eigenvalue weighted by Crippen LogP contribution is 2.27. The number of nitrogens with zero attached hydrogens (tertiary/aromatic N) is 4. The Balaban J connectivity index is 1.60. The fraction of sp³-hybridized carbons (Fsp3) is 0.714. The first-order chi connectivity index (χ1) is 8.74. The molecular weight excluding hydrogens is 224 g/mol. The van der Waals surface area contributed by atoms with Gasteiger partial charge in [0.1, 0.15) is 6.33 Å². The van der Waals surface area contributed by atoms with Crippen molar-refractivity contribution in [3.63, 3.8) is 0 Å². The smallest absolute Gasteiger partial charge is 0.115 e. The number of aromatic nitrogens is 2. The highest BCUT2D eigenvalue weighted by Gasteiger charge is 2.30. The number of piperidine rings is 1. The molecule has 0 atom stereocenters. The molecule has 1 fully saturated rings. The van der Waals surface area contributed by atoms with Gasteiger partial charge >= 0.3 is 0 Å². The Morgan fingerprint density at radius 2 is 2.00 bits per heavy atom. The molecule has 0 saturated carbocycles. The molecular formula is C14H22N4. The van der Waals surface area contributed by atoms with Crippen molar-refractivity contribution in [2.24, 2.45) is 0 Å². The van der Waals surface area contributed by atoms with Gasteiger partial charge in [0.15, 0.2) is 0 Å². The molecule has 0 bridgehead atoms. The fourth-order valence-electron chi connectivity index (χ4n) is 3.15. The Bertz CT molecular complexity index is 385. The molecule has 3 rings (SSSR count). The summed E-state index contributed by atoms with van der Waals surface area (Å²) in [5.74, 6) is 0. The number of hydrogen-bond donors (Lipinski definition) is 0. The standard InChI is InChI=1S/C14H22N4/c1-11(2)17-5-3-13(4-6-17)18-8-12-7-15-10-16-14(12)9-18/h7,10-11,13H,3-6,8-9H2,1-2H3. The number of hydrogen-bond acceptors (Lipinski definition) is 4. The fourth-order valence-corrected chi connectivity index (χ4v) is 3.15. The lowest BCUT2D eigenvalue weighted by Gasteiger charge is -2.38. The van der Waals surface area contributed by atoms with E-state index in [4.69, 9.17) is 0 Å². The average Bonchev–Trinajstić information content (AvgIpc) is 2.82. The molecule has 1 aromatic rings. The predicted molar refractivity (Wildman–Crippen MR) is 71.0 cm³/mol. The van der Waals surface area contributed by atoms with Crippen molar-refractivity contribution >= 4 is 0 Å². The van der Waals surface area contributed by atoms with Crippen LogP contribution >= 0.6 is 0 Å². The molecule has 4 heteroatoms. The maximum absolute atomic E-state index is 4.38. The van der Waals surface area contributed by atoms with Crippen molar-refractivity contribution in [3.05, 3.63) is 23.8 Å². The van der Waals surface area contributed by atoms with Crippen LogP contribution < -0.4 is 0 Å². The monoisotopic (exact) mass is 246 g/mol. The van der Waals surface area contributed by atoms with E-state index in [1.807, 2.05) is 6.20 Å². The Labute approximate surface area is 109 Å². The molecule has 18 heavy (non-hydrogen) atoms. The first-order valence-corrected chi connectivity index (χ1v) is 7.00. The molecule has 4 nitrogen and oxygen atoms in total. The van der Waals surface area contributed by atoms with Crippen LogP contribution in [0.4, 0.5) is 0 Å². The predicted octanol–water partition coefficient (Wildman–Crippen LogP) is 1.67. The van der Waals surface area contributed by atoms with E-state index in [1.54, 1.807) is 6.33 Å². The molecule has 0 aliphatic carbocycles. The zero-order chi connectivity index (χ0) is 12.5. The molecule has 1 saturated heterocycles.